The molecule has 2 aliphatic heterocycles. The number of benzene rings is 2. The Labute approximate surface area is 269 Å². The second-order valence-electron chi connectivity index (χ2n) is 11.9. The maximum absolute atomic E-state index is 14.5. The van der Waals surface area contributed by atoms with Crippen LogP contribution in [0.5, 0.6) is 0 Å². The van der Waals surface area contributed by atoms with E-state index in [9.17, 15) is 14.0 Å². The molecule has 1 saturated carbocycles. The first kappa shape index (κ1) is 33.6. The van der Waals surface area contributed by atoms with E-state index in [2.05, 4.69) is 15.5 Å². The van der Waals surface area contributed by atoms with Gasteiger partial charge in [0.25, 0.3) is 0 Å². The third kappa shape index (κ3) is 6.86. The highest BCUT2D eigenvalue weighted by molar-refractivity contribution is 7.10. The number of rotatable bonds is 7. The van der Waals surface area contributed by atoms with E-state index in [4.69, 9.17) is 4.98 Å². The van der Waals surface area contributed by atoms with Gasteiger partial charge >= 0.3 is 0 Å². The van der Waals surface area contributed by atoms with Crippen LogP contribution >= 0.6 is 36.2 Å². The molecule has 0 spiro atoms. The SMILES string of the molecule is CN[C@@H](C)C(=O)N[C@H](C(=O)N1C[C@H]2CCCN2C[C@H]1c1nc(-c2ccc(F)c3ccccc23)cs1)C1CCCCC1.Cl.Cl. The van der Waals surface area contributed by atoms with E-state index in [0.29, 0.717) is 18.0 Å². The van der Waals surface area contributed by atoms with E-state index in [1.54, 1.807) is 30.5 Å². The molecule has 1 aliphatic carbocycles. The molecule has 1 aromatic heterocycles. The van der Waals surface area contributed by atoms with Crippen molar-refractivity contribution in [2.45, 2.75) is 76.0 Å². The van der Waals surface area contributed by atoms with Gasteiger partial charge in [-0.3, -0.25) is 14.5 Å². The van der Waals surface area contributed by atoms with Crippen LogP contribution in [0.15, 0.2) is 41.8 Å². The fraction of sp³-hybridized carbons (Fsp3) is 0.531. The molecule has 4 atom stereocenters. The zero-order chi connectivity index (χ0) is 28.5. The monoisotopic (exact) mass is 649 g/mol. The molecule has 3 fully saturated rings. The van der Waals surface area contributed by atoms with Gasteiger partial charge in [-0.2, -0.15) is 0 Å². The van der Waals surface area contributed by atoms with Gasteiger partial charge in [-0.25, -0.2) is 9.37 Å². The minimum atomic E-state index is -0.533. The number of likely N-dealkylation sites (N-methyl/N-ethyl adjacent to an activating group) is 1. The van der Waals surface area contributed by atoms with Crippen LogP contribution in [0.1, 0.15) is 62.9 Å². The molecule has 11 heteroatoms. The Bertz CT molecular complexity index is 1420. The topological polar surface area (TPSA) is 77.6 Å². The van der Waals surface area contributed by atoms with Crippen molar-refractivity contribution in [3.8, 4) is 11.3 Å². The quantitative estimate of drug-likeness (QED) is 0.330. The number of hydrogen-bond donors (Lipinski definition) is 2. The Morgan fingerprint density at radius 2 is 1.74 bits per heavy atom. The first-order valence-electron chi connectivity index (χ1n) is 15.1. The number of piperazine rings is 1. The highest BCUT2D eigenvalue weighted by Gasteiger charge is 2.44. The lowest BCUT2D eigenvalue weighted by Gasteiger charge is -2.45. The van der Waals surface area contributed by atoms with Gasteiger partial charge in [0.2, 0.25) is 11.8 Å². The molecule has 234 valence electrons. The number of thiazole rings is 1. The second kappa shape index (κ2) is 14.7. The van der Waals surface area contributed by atoms with Crippen molar-refractivity contribution in [2.24, 2.45) is 5.92 Å². The number of carbonyl (C=O) groups excluding carboxylic acids is 2. The molecular formula is C32H42Cl2FN5O2S. The number of fused-ring (bicyclic) bond motifs is 2. The standard InChI is InChI=1S/C32H40FN5O2S.2ClH/c1-20(34-2)30(39)36-29(21-9-4-3-5-10-21)32(40)38-17-22-11-8-16-37(22)18-28(38)31-35-27(19-41-31)25-14-15-26(33)24-13-7-6-12-23(24)25;;/h6-7,12-15,19-22,28-29,34H,3-5,8-11,16-18H2,1-2H3,(H,36,39);2*1H/t20-,22+,28-,29-;;/m0../s1. The number of nitrogens with one attached hydrogen (secondary N) is 2. The maximum Gasteiger partial charge on any atom is 0.246 e. The molecule has 43 heavy (non-hydrogen) atoms. The van der Waals surface area contributed by atoms with Crippen LogP contribution in [0.25, 0.3) is 22.0 Å². The van der Waals surface area contributed by atoms with Crippen molar-refractivity contribution in [2.75, 3.05) is 26.7 Å². The summed E-state index contributed by atoms with van der Waals surface area (Å²) < 4.78 is 14.5. The predicted molar refractivity (Wildman–Crippen MR) is 176 cm³/mol. The van der Waals surface area contributed by atoms with Gasteiger partial charge in [0.1, 0.15) is 16.9 Å². The molecule has 2 N–H and O–H groups in total. The zero-order valence-corrected chi connectivity index (χ0v) is 27.2. The van der Waals surface area contributed by atoms with Gasteiger partial charge in [-0.05, 0) is 69.6 Å². The zero-order valence-electron chi connectivity index (χ0n) is 24.8. The maximum atomic E-state index is 14.5. The van der Waals surface area contributed by atoms with Crippen molar-refractivity contribution in [3.63, 3.8) is 0 Å². The van der Waals surface area contributed by atoms with E-state index in [0.717, 1.165) is 73.3 Å². The van der Waals surface area contributed by atoms with Gasteiger partial charge in [-0.1, -0.05) is 43.5 Å². The van der Waals surface area contributed by atoms with Gasteiger partial charge in [0, 0.05) is 35.5 Å². The van der Waals surface area contributed by atoms with Gasteiger partial charge in [0.15, 0.2) is 0 Å². The Morgan fingerprint density at radius 3 is 2.49 bits per heavy atom. The molecule has 0 unspecified atom stereocenters. The Balaban J connectivity index is 0.00000212. The summed E-state index contributed by atoms with van der Waals surface area (Å²) in [6.45, 7) is 4.25. The number of halogens is 3. The van der Waals surface area contributed by atoms with E-state index in [-0.39, 0.29) is 60.4 Å². The Hall–Kier alpha value is -2.30. The van der Waals surface area contributed by atoms with Gasteiger partial charge in [0.05, 0.1) is 17.8 Å². The average Bonchev–Trinajstić information content (AvgIpc) is 3.69. The summed E-state index contributed by atoms with van der Waals surface area (Å²) in [5, 5.41) is 10.5. The lowest BCUT2D eigenvalue weighted by atomic mass is 9.82. The van der Waals surface area contributed by atoms with E-state index in [1.165, 1.54) is 12.5 Å². The fourth-order valence-electron chi connectivity index (χ4n) is 6.96. The largest absolute Gasteiger partial charge is 0.343 e. The average molecular weight is 651 g/mol. The van der Waals surface area contributed by atoms with Crippen LogP contribution in [0, 0.1) is 11.7 Å². The van der Waals surface area contributed by atoms with Crippen molar-refractivity contribution in [3.05, 3.63) is 52.6 Å². The van der Waals surface area contributed by atoms with Crippen molar-refractivity contribution in [1.82, 2.24) is 25.4 Å². The first-order valence-corrected chi connectivity index (χ1v) is 16.0. The lowest BCUT2D eigenvalue weighted by molar-refractivity contribution is -0.144. The highest BCUT2D eigenvalue weighted by Crippen LogP contribution is 2.38. The highest BCUT2D eigenvalue weighted by atomic mass is 35.5. The normalized spacial score (nSPS) is 22.3. The molecule has 3 aromatic rings. The van der Waals surface area contributed by atoms with Crippen LogP contribution in [0.3, 0.4) is 0 Å². The fourth-order valence-corrected chi connectivity index (χ4v) is 7.88. The summed E-state index contributed by atoms with van der Waals surface area (Å²) in [6.07, 6.45) is 7.49. The summed E-state index contributed by atoms with van der Waals surface area (Å²) in [7, 11) is 1.77. The molecule has 7 nitrogen and oxygen atoms in total. The van der Waals surface area contributed by atoms with Crippen LogP contribution in [-0.4, -0.2) is 71.4 Å². The Morgan fingerprint density at radius 1 is 1.00 bits per heavy atom. The summed E-state index contributed by atoms with van der Waals surface area (Å²) in [5.41, 5.74) is 1.70. The number of aromatic nitrogens is 1. The van der Waals surface area contributed by atoms with Crippen molar-refractivity contribution >= 4 is 58.7 Å². The van der Waals surface area contributed by atoms with E-state index in [1.807, 2.05) is 35.4 Å². The third-order valence-electron chi connectivity index (χ3n) is 9.44. The molecule has 2 saturated heterocycles. The number of amides is 2. The van der Waals surface area contributed by atoms with Crippen LogP contribution < -0.4 is 10.6 Å². The summed E-state index contributed by atoms with van der Waals surface area (Å²) in [5.74, 6) is -0.211. The number of nitrogens with zero attached hydrogens (tertiary/aromatic N) is 3. The molecule has 0 radical (unpaired) electrons. The number of hydrogen-bond acceptors (Lipinski definition) is 6. The predicted octanol–water partition coefficient (Wildman–Crippen LogP) is 5.97. The van der Waals surface area contributed by atoms with Crippen LogP contribution in [0.4, 0.5) is 4.39 Å². The molecule has 2 amide bonds. The summed E-state index contributed by atoms with van der Waals surface area (Å²) >= 11 is 1.57. The van der Waals surface area contributed by atoms with Crippen LogP contribution in [0.2, 0.25) is 0 Å². The van der Waals surface area contributed by atoms with Crippen molar-refractivity contribution < 1.29 is 14.0 Å². The molecular weight excluding hydrogens is 608 g/mol. The van der Waals surface area contributed by atoms with Gasteiger partial charge in [-0.15, -0.1) is 36.2 Å². The Kier molecular flexibility index (Phi) is 11.4. The molecule has 6 rings (SSSR count). The molecule has 2 aromatic carbocycles. The van der Waals surface area contributed by atoms with E-state index >= 15 is 0 Å². The van der Waals surface area contributed by atoms with E-state index < -0.39 is 6.04 Å². The minimum Gasteiger partial charge on any atom is -0.343 e. The molecule has 0 bridgehead atoms. The summed E-state index contributed by atoms with van der Waals surface area (Å²) in [4.78, 5) is 37.2. The third-order valence-corrected chi connectivity index (χ3v) is 10.4. The molecule has 3 heterocycles. The van der Waals surface area contributed by atoms with Crippen LogP contribution in [-0.2, 0) is 9.59 Å². The summed E-state index contributed by atoms with van der Waals surface area (Å²) in [6, 6.07) is 10.0. The second-order valence-corrected chi connectivity index (χ2v) is 12.8. The first-order chi connectivity index (χ1) is 19.9. The lowest BCUT2D eigenvalue weighted by Crippen LogP contribution is -2.60. The smallest absolute Gasteiger partial charge is 0.246 e. The van der Waals surface area contributed by atoms with Crippen molar-refractivity contribution in [1.29, 1.82) is 0 Å². The minimum absolute atomic E-state index is 0. The van der Waals surface area contributed by atoms with Gasteiger partial charge < -0.3 is 15.5 Å². The number of carbonyl (C=O) groups is 2. The molecule has 3 aliphatic rings.